The number of aliphatic carboxylic acids is 1. The minimum Gasteiger partial charge on any atom is -0.481 e. The number of hydrogen-bond acceptors (Lipinski definition) is 1. The molecule has 0 aromatic carbocycles. The number of allylic oxidation sites excluding steroid dienone is 2. The molecule has 0 radical (unpaired) electrons. The molecule has 0 saturated carbocycles. The van der Waals surface area contributed by atoms with Crippen LogP contribution < -0.4 is 0 Å². The molecule has 0 rings (SSSR count). The number of carboxylic acid groups (broad SMARTS) is 1. The predicted molar refractivity (Wildman–Crippen MR) is 50.2 cm³/mol. The normalized spacial score (nSPS) is 10.8. The molecule has 0 aliphatic heterocycles. The summed E-state index contributed by atoms with van der Waals surface area (Å²) in [5.74, 6) is -0.681. The Bertz CT molecular complexity index is 139. The number of carboxylic acids is 1. The highest BCUT2D eigenvalue weighted by molar-refractivity contribution is 5.66. The van der Waals surface area contributed by atoms with E-state index in [-0.39, 0.29) is 0 Å². The van der Waals surface area contributed by atoms with E-state index in [2.05, 4.69) is 19.1 Å². The zero-order chi connectivity index (χ0) is 9.23. The molecule has 2 nitrogen and oxygen atoms in total. The van der Waals surface area contributed by atoms with E-state index in [0.29, 0.717) is 6.42 Å². The maximum absolute atomic E-state index is 10.1. The first-order chi connectivity index (χ1) is 5.77. The summed E-state index contributed by atoms with van der Waals surface area (Å²) < 4.78 is 0. The van der Waals surface area contributed by atoms with Gasteiger partial charge in [0.25, 0.3) is 0 Å². The first kappa shape index (κ1) is 11.2. The summed E-state index contributed by atoms with van der Waals surface area (Å²) in [6, 6.07) is 0. The molecule has 0 aromatic rings. The van der Waals surface area contributed by atoms with Crippen LogP contribution in [0.4, 0.5) is 0 Å². The summed E-state index contributed by atoms with van der Waals surface area (Å²) in [7, 11) is 0. The summed E-state index contributed by atoms with van der Waals surface area (Å²) in [5, 5.41) is 8.34. The van der Waals surface area contributed by atoms with Gasteiger partial charge in [-0.25, -0.2) is 0 Å². The summed E-state index contributed by atoms with van der Waals surface area (Å²) in [6.45, 7) is 2.11. The van der Waals surface area contributed by atoms with Crippen LogP contribution in [0.25, 0.3) is 0 Å². The van der Waals surface area contributed by atoms with Crippen molar-refractivity contribution in [3.8, 4) is 0 Å². The Balaban J connectivity index is 3.00. The number of carbonyl (C=O) groups is 1. The van der Waals surface area contributed by atoms with Crippen LogP contribution in [0, 0.1) is 0 Å². The van der Waals surface area contributed by atoms with Crippen molar-refractivity contribution in [1.29, 1.82) is 0 Å². The van der Waals surface area contributed by atoms with Gasteiger partial charge in [-0.1, -0.05) is 25.5 Å². The molecule has 12 heavy (non-hydrogen) atoms. The van der Waals surface area contributed by atoms with Crippen molar-refractivity contribution >= 4 is 5.97 Å². The molecule has 0 aromatic heterocycles. The zero-order valence-electron chi connectivity index (χ0n) is 7.75. The molecule has 0 bridgehead atoms. The highest BCUT2D eigenvalue weighted by atomic mass is 16.4. The molecule has 70 valence electrons. The summed E-state index contributed by atoms with van der Waals surface area (Å²) in [4.78, 5) is 10.1. The highest BCUT2D eigenvalue weighted by Crippen LogP contribution is 2.03. The fourth-order valence-corrected chi connectivity index (χ4v) is 1.000. The van der Waals surface area contributed by atoms with E-state index in [0.717, 1.165) is 32.1 Å². The zero-order valence-corrected chi connectivity index (χ0v) is 7.75. The first-order valence-corrected chi connectivity index (χ1v) is 4.64. The largest absolute Gasteiger partial charge is 0.481 e. The first-order valence-electron chi connectivity index (χ1n) is 4.64. The fourth-order valence-electron chi connectivity index (χ4n) is 1.000. The molecule has 0 aliphatic carbocycles. The van der Waals surface area contributed by atoms with Gasteiger partial charge in [-0.2, -0.15) is 0 Å². The van der Waals surface area contributed by atoms with Gasteiger partial charge in [0.05, 0.1) is 0 Å². The van der Waals surface area contributed by atoms with Crippen molar-refractivity contribution < 1.29 is 9.90 Å². The van der Waals surface area contributed by atoms with Gasteiger partial charge in [-0.15, -0.1) is 0 Å². The van der Waals surface area contributed by atoms with Gasteiger partial charge in [-0.05, 0) is 25.7 Å². The van der Waals surface area contributed by atoms with Crippen LogP contribution in [-0.4, -0.2) is 11.1 Å². The molecular formula is C10H18O2. The third kappa shape index (κ3) is 9.21. The molecule has 0 unspecified atom stereocenters. The maximum Gasteiger partial charge on any atom is 0.303 e. The molecule has 0 spiro atoms. The van der Waals surface area contributed by atoms with Crippen molar-refractivity contribution in [2.75, 3.05) is 0 Å². The van der Waals surface area contributed by atoms with E-state index in [4.69, 9.17) is 5.11 Å². The number of hydrogen-bond donors (Lipinski definition) is 1. The quantitative estimate of drug-likeness (QED) is 0.471. The lowest BCUT2D eigenvalue weighted by Gasteiger charge is -1.94. The van der Waals surface area contributed by atoms with Crippen molar-refractivity contribution in [1.82, 2.24) is 0 Å². The van der Waals surface area contributed by atoms with E-state index >= 15 is 0 Å². The predicted octanol–water partition coefficient (Wildman–Crippen LogP) is 2.99. The minimum atomic E-state index is -0.681. The smallest absolute Gasteiger partial charge is 0.303 e. The maximum atomic E-state index is 10.1. The molecule has 2 heteroatoms. The summed E-state index contributed by atoms with van der Waals surface area (Å²) in [5.41, 5.74) is 0. The van der Waals surface area contributed by atoms with E-state index in [1.807, 2.05) is 0 Å². The second-order valence-electron chi connectivity index (χ2n) is 2.87. The van der Waals surface area contributed by atoms with Crippen LogP contribution in [-0.2, 0) is 4.79 Å². The SMILES string of the molecule is CC/C=C/CCCCCC(=O)O. The average molecular weight is 170 g/mol. The summed E-state index contributed by atoms with van der Waals surface area (Å²) in [6.07, 6.45) is 9.78. The molecule has 0 atom stereocenters. The Kier molecular flexibility index (Phi) is 7.76. The Labute approximate surface area is 74.3 Å². The van der Waals surface area contributed by atoms with Crippen LogP contribution in [0.1, 0.15) is 45.4 Å². The van der Waals surface area contributed by atoms with Gasteiger partial charge in [0.15, 0.2) is 0 Å². The number of rotatable bonds is 7. The van der Waals surface area contributed by atoms with E-state index in [1.54, 1.807) is 0 Å². The van der Waals surface area contributed by atoms with Crippen molar-refractivity contribution in [3.63, 3.8) is 0 Å². The molecule has 0 heterocycles. The standard InChI is InChI=1S/C10H18O2/c1-2-3-4-5-6-7-8-9-10(11)12/h3-4H,2,5-9H2,1H3,(H,11,12)/b4-3+. The minimum absolute atomic E-state index is 0.317. The molecular weight excluding hydrogens is 152 g/mol. The van der Waals surface area contributed by atoms with Gasteiger partial charge >= 0.3 is 5.97 Å². The Morgan fingerprint density at radius 1 is 1.25 bits per heavy atom. The van der Waals surface area contributed by atoms with Crippen LogP contribution in [0.5, 0.6) is 0 Å². The molecule has 0 aliphatic rings. The van der Waals surface area contributed by atoms with Gasteiger partial charge in [0.1, 0.15) is 0 Å². The van der Waals surface area contributed by atoms with E-state index in [9.17, 15) is 4.79 Å². The van der Waals surface area contributed by atoms with Crippen LogP contribution in [0.3, 0.4) is 0 Å². The Morgan fingerprint density at radius 3 is 2.58 bits per heavy atom. The second-order valence-corrected chi connectivity index (χ2v) is 2.87. The average Bonchev–Trinajstić information content (AvgIpc) is 2.02. The van der Waals surface area contributed by atoms with Gasteiger partial charge in [-0.3, -0.25) is 4.79 Å². The summed E-state index contributed by atoms with van der Waals surface area (Å²) >= 11 is 0. The highest BCUT2D eigenvalue weighted by Gasteiger charge is 1.94. The lowest BCUT2D eigenvalue weighted by Crippen LogP contribution is -1.93. The van der Waals surface area contributed by atoms with Crippen LogP contribution in [0.2, 0.25) is 0 Å². The molecule has 0 fully saturated rings. The number of unbranched alkanes of at least 4 members (excludes halogenated alkanes) is 3. The molecule has 0 amide bonds. The Morgan fingerprint density at radius 2 is 2.00 bits per heavy atom. The van der Waals surface area contributed by atoms with Crippen molar-refractivity contribution in [3.05, 3.63) is 12.2 Å². The van der Waals surface area contributed by atoms with Gasteiger partial charge in [0.2, 0.25) is 0 Å². The van der Waals surface area contributed by atoms with Gasteiger partial charge < -0.3 is 5.11 Å². The third-order valence-corrected chi connectivity index (χ3v) is 1.66. The van der Waals surface area contributed by atoms with Crippen LogP contribution in [0.15, 0.2) is 12.2 Å². The fraction of sp³-hybridized carbons (Fsp3) is 0.700. The van der Waals surface area contributed by atoms with Crippen molar-refractivity contribution in [2.45, 2.75) is 45.4 Å². The monoisotopic (exact) mass is 170 g/mol. The topological polar surface area (TPSA) is 37.3 Å². The van der Waals surface area contributed by atoms with E-state index in [1.165, 1.54) is 0 Å². The lowest BCUT2D eigenvalue weighted by atomic mass is 10.1. The molecule has 1 N–H and O–H groups in total. The Hall–Kier alpha value is -0.790. The van der Waals surface area contributed by atoms with E-state index < -0.39 is 5.97 Å². The van der Waals surface area contributed by atoms with Crippen LogP contribution >= 0.6 is 0 Å². The third-order valence-electron chi connectivity index (χ3n) is 1.66. The second kappa shape index (κ2) is 8.31. The lowest BCUT2D eigenvalue weighted by molar-refractivity contribution is -0.137. The van der Waals surface area contributed by atoms with Gasteiger partial charge in [0, 0.05) is 6.42 Å². The van der Waals surface area contributed by atoms with Crippen molar-refractivity contribution in [2.24, 2.45) is 0 Å². The molecule has 0 saturated heterocycles.